The highest BCUT2D eigenvalue weighted by molar-refractivity contribution is 7.99. The van der Waals surface area contributed by atoms with Gasteiger partial charge in [-0.05, 0) is 49.9 Å². The molecule has 0 aromatic carbocycles. The van der Waals surface area contributed by atoms with Gasteiger partial charge in [0, 0.05) is 17.8 Å². The molecule has 1 unspecified atom stereocenters. The molecule has 2 aliphatic heterocycles. The summed E-state index contributed by atoms with van der Waals surface area (Å²) in [5.41, 5.74) is 6.96. The molecule has 16 heavy (non-hydrogen) atoms. The largest absolute Gasteiger partial charge is 0.329 e. The Labute approximate surface area is 104 Å². The first-order valence-electron chi connectivity index (χ1n) is 6.61. The zero-order chi connectivity index (χ0) is 11.6. The van der Waals surface area contributed by atoms with Crippen molar-refractivity contribution in [2.45, 2.75) is 45.1 Å². The van der Waals surface area contributed by atoms with Crippen molar-refractivity contribution in [3.05, 3.63) is 0 Å². The van der Waals surface area contributed by atoms with Crippen LogP contribution in [0.15, 0.2) is 0 Å². The number of thioether (sulfide) groups is 1. The Balaban J connectivity index is 2.00. The number of hydrogen-bond acceptors (Lipinski definition) is 3. The first-order chi connectivity index (χ1) is 7.58. The van der Waals surface area contributed by atoms with Crippen molar-refractivity contribution in [2.75, 3.05) is 31.1 Å². The van der Waals surface area contributed by atoms with Crippen molar-refractivity contribution in [3.8, 4) is 0 Å². The van der Waals surface area contributed by atoms with Crippen molar-refractivity contribution < 1.29 is 0 Å². The van der Waals surface area contributed by atoms with Crippen LogP contribution in [0.4, 0.5) is 0 Å². The molecule has 2 heterocycles. The Morgan fingerprint density at radius 2 is 1.88 bits per heavy atom. The molecular weight excluding hydrogens is 216 g/mol. The van der Waals surface area contributed by atoms with Crippen molar-refractivity contribution in [1.29, 1.82) is 0 Å². The highest BCUT2D eigenvalue weighted by atomic mass is 32.2. The molecule has 0 radical (unpaired) electrons. The average molecular weight is 242 g/mol. The van der Waals surface area contributed by atoms with Crippen LogP contribution in [0.2, 0.25) is 0 Å². The highest BCUT2D eigenvalue weighted by Gasteiger charge is 2.40. The topological polar surface area (TPSA) is 29.3 Å². The fourth-order valence-corrected chi connectivity index (χ4v) is 4.28. The van der Waals surface area contributed by atoms with E-state index >= 15 is 0 Å². The molecular formula is C13H26N2S. The van der Waals surface area contributed by atoms with Crippen LogP contribution in [-0.4, -0.2) is 41.6 Å². The van der Waals surface area contributed by atoms with Gasteiger partial charge in [0.15, 0.2) is 0 Å². The molecule has 0 bridgehead atoms. The molecule has 0 aromatic rings. The standard InChI is InChI=1S/C13H26N2S/c1-12(2)5-7-15(8-6-12)13(10-14)4-3-9-16-11-13/h3-11,14H2,1-2H3. The molecule has 94 valence electrons. The molecule has 0 aliphatic carbocycles. The lowest BCUT2D eigenvalue weighted by atomic mass is 9.80. The van der Waals surface area contributed by atoms with Gasteiger partial charge in [-0.2, -0.15) is 11.8 Å². The summed E-state index contributed by atoms with van der Waals surface area (Å²) in [4.78, 5) is 2.70. The zero-order valence-electron chi connectivity index (χ0n) is 10.8. The summed E-state index contributed by atoms with van der Waals surface area (Å²) in [6.45, 7) is 8.15. The van der Waals surface area contributed by atoms with Crippen molar-refractivity contribution >= 4 is 11.8 Å². The highest BCUT2D eigenvalue weighted by Crippen LogP contribution is 2.37. The predicted molar refractivity (Wildman–Crippen MR) is 72.9 cm³/mol. The fraction of sp³-hybridized carbons (Fsp3) is 1.00. The number of rotatable bonds is 2. The average Bonchev–Trinajstić information content (AvgIpc) is 2.30. The summed E-state index contributed by atoms with van der Waals surface area (Å²) in [5, 5.41) is 0. The van der Waals surface area contributed by atoms with Crippen LogP contribution in [0.1, 0.15) is 39.5 Å². The maximum absolute atomic E-state index is 6.08. The first-order valence-corrected chi connectivity index (χ1v) is 7.76. The molecule has 1 atom stereocenters. The minimum atomic E-state index is 0.333. The lowest BCUT2D eigenvalue weighted by Gasteiger charge is -2.50. The second-order valence-electron chi connectivity index (χ2n) is 6.24. The lowest BCUT2D eigenvalue weighted by Crippen LogP contribution is -2.59. The van der Waals surface area contributed by atoms with Crippen LogP contribution in [-0.2, 0) is 0 Å². The number of hydrogen-bond donors (Lipinski definition) is 1. The summed E-state index contributed by atoms with van der Waals surface area (Å²) >= 11 is 2.10. The third-order valence-corrected chi connectivity index (χ3v) is 5.79. The third kappa shape index (κ3) is 2.57. The van der Waals surface area contributed by atoms with Crippen LogP contribution >= 0.6 is 11.8 Å². The third-order valence-electron chi connectivity index (χ3n) is 4.47. The summed E-state index contributed by atoms with van der Waals surface area (Å²) in [6.07, 6.45) is 5.33. The predicted octanol–water partition coefficient (Wildman–Crippen LogP) is 2.33. The molecule has 2 nitrogen and oxygen atoms in total. The minimum Gasteiger partial charge on any atom is -0.329 e. The van der Waals surface area contributed by atoms with E-state index in [0.717, 1.165) is 6.54 Å². The Hall–Kier alpha value is 0.270. The smallest absolute Gasteiger partial charge is 0.0422 e. The van der Waals surface area contributed by atoms with Crippen LogP contribution < -0.4 is 5.73 Å². The summed E-state index contributed by atoms with van der Waals surface area (Å²) in [6, 6.07) is 0. The van der Waals surface area contributed by atoms with Crippen LogP contribution in [0, 0.1) is 5.41 Å². The second kappa shape index (κ2) is 4.87. The van der Waals surface area contributed by atoms with Crippen LogP contribution in [0.25, 0.3) is 0 Å². The molecule has 2 aliphatic rings. The Bertz CT molecular complexity index is 224. The van der Waals surface area contributed by atoms with E-state index in [9.17, 15) is 0 Å². The molecule has 0 saturated carbocycles. The number of likely N-dealkylation sites (tertiary alicyclic amines) is 1. The maximum Gasteiger partial charge on any atom is 0.0422 e. The molecule has 2 rings (SSSR count). The van der Waals surface area contributed by atoms with Gasteiger partial charge in [-0.1, -0.05) is 13.8 Å². The Kier molecular flexibility index (Phi) is 3.87. The van der Waals surface area contributed by atoms with E-state index < -0.39 is 0 Å². The number of piperidine rings is 1. The Morgan fingerprint density at radius 3 is 2.38 bits per heavy atom. The van der Waals surface area contributed by atoms with Gasteiger partial charge >= 0.3 is 0 Å². The number of nitrogens with two attached hydrogens (primary N) is 1. The fourth-order valence-electron chi connectivity index (χ4n) is 2.96. The molecule has 3 heteroatoms. The van der Waals surface area contributed by atoms with E-state index in [2.05, 4.69) is 30.5 Å². The molecule has 2 fully saturated rings. The van der Waals surface area contributed by atoms with E-state index in [1.165, 1.54) is 50.3 Å². The van der Waals surface area contributed by atoms with Gasteiger partial charge in [0.1, 0.15) is 0 Å². The molecule has 0 spiro atoms. The van der Waals surface area contributed by atoms with Crippen molar-refractivity contribution in [2.24, 2.45) is 11.1 Å². The van der Waals surface area contributed by atoms with Crippen molar-refractivity contribution in [1.82, 2.24) is 4.90 Å². The van der Waals surface area contributed by atoms with Gasteiger partial charge in [-0.15, -0.1) is 0 Å². The molecule has 0 aromatic heterocycles. The molecule has 2 saturated heterocycles. The SMILES string of the molecule is CC1(C)CCN(C2(CN)CCCSC2)CC1. The summed E-state index contributed by atoms with van der Waals surface area (Å²) < 4.78 is 0. The minimum absolute atomic E-state index is 0.333. The van der Waals surface area contributed by atoms with Crippen LogP contribution in [0.5, 0.6) is 0 Å². The van der Waals surface area contributed by atoms with Gasteiger partial charge in [0.05, 0.1) is 0 Å². The van der Waals surface area contributed by atoms with Gasteiger partial charge in [0.25, 0.3) is 0 Å². The van der Waals surface area contributed by atoms with E-state index in [4.69, 9.17) is 5.73 Å². The van der Waals surface area contributed by atoms with Gasteiger partial charge in [-0.3, -0.25) is 4.90 Å². The van der Waals surface area contributed by atoms with Gasteiger partial charge in [-0.25, -0.2) is 0 Å². The van der Waals surface area contributed by atoms with Crippen molar-refractivity contribution in [3.63, 3.8) is 0 Å². The van der Waals surface area contributed by atoms with Crippen LogP contribution in [0.3, 0.4) is 0 Å². The van der Waals surface area contributed by atoms with Gasteiger partial charge < -0.3 is 5.73 Å². The summed E-state index contributed by atoms with van der Waals surface area (Å²) in [5.74, 6) is 2.59. The number of nitrogens with zero attached hydrogens (tertiary/aromatic N) is 1. The van der Waals surface area contributed by atoms with E-state index in [1.54, 1.807) is 0 Å². The Morgan fingerprint density at radius 1 is 1.19 bits per heavy atom. The monoisotopic (exact) mass is 242 g/mol. The quantitative estimate of drug-likeness (QED) is 0.806. The summed E-state index contributed by atoms with van der Waals surface area (Å²) in [7, 11) is 0. The molecule has 0 amide bonds. The van der Waals surface area contributed by atoms with E-state index in [0.29, 0.717) is 11.0 Å². The van der Waals surface area contributed by atoms with E-state index in [1.807, 2.05) is 0 Å². The lowest BCUT2D eigenvalue weighted by molar-refractivity contribution is 0.0388. The molecule has 2 N–H and O–H groups in total. The van der Waals surface area contributed by atoms with E-state index in [-0.39, 0.29) is 0 Å². The first kappa shape index (κ1) is 12.7. The van der Waals surface area contributed by atoms with Gasteiger partial charge in [0.2, 0.25) is 0 Å². The zero-order valence-corrected chi connectivity index (χ0v) is 11.6. The second-order valence-corrected chi connectivity index (χ2v) is 7.34. The maximum atomic E-state index is 6.08. The normalized spacial score (nSPS) is 36.2.